The molecule has 24 heavy (non-hydrogen) atoms. The van der Waals surface area contributed by atoms with E-state index in [9.17, 15) is 19.6 Å². The quantitative estimate of drug-likeness (QED) is 0.296. The van der Waals surface area contributed by atoms with Crippen molar-refractivity contribution in [1.82, 2.24) is 25.0 Å². The minimum Gasteiger partial charge on any atom is -0.394 e. The maximum atomic E-state index is 11.7. The summed E-state index contributed by atoms with van der Waals surface area (Å²) in [6.07, 6.45) is -5.80. The highest BCUT2D eigenvalue weighted by atomic mass is 31.2. The van der Waals surface area contributed by atoms with Crippen molar-refractivity contribution in [1.29, 1.82) is 0 Å². The van der Waals surface area contributed by atoms with E-state index in [-0.39, 0.29) is 17.1 Å². The number of fused-ring (bicyclic) bond motifs is 1. The summed E-state index contributed by atoms with van der Waals surface area (Å²) in [5.41, 5.74) is 4.41. The molecule has 0 amide bonds. The number of nitrogens with zero attached hydrogens (tertiary/aromatic N) is 4. The smallest absolute Gasteiger partial charge is 0.394 e. The van der Waals surface area contributed by atoms with Gasteiger partial charge in [-0.25, -0.2) is 4.57 Å². The van der Waals surface area contributed by atoms with Crippen LogP contribution in [0.1, 0.15) is 6.23 Å². The molecule has 0 spiro atoms. The van der Waals surface area contributed by atoms with E-state index in [4.69, 9.17) is 20.3 Å². The fourth-order valence-corrected chi connectivity index (χ4v) is 2.91. The third-order valence-corrected chi connectivity index (χ3v) is 3.86. The van der Waals surface area contributed by atoms with Crippen LogP contribution in [0.5, 0.6) is 0 Å². The van der Waals surface area contributed by atoms with E-state index < -0.39 is 44.5 Å². The van der Waals surface area contributed by atoms with Crippen LogP contribution in [0.2, 0.25) is 0 Å². The summed E-state index contributed by atoms with van der Waals surface area (Å²) in [4.78, 5) is 35.8. The molecule has 0 radical (unpaired) electrons. The Morgan fingerprint density at radius 3 is 2.79 bits per heavy atom. The van der Waals surface area contributed by atoms with Crippen LogP contribution in [0.4, 0.5) is 5.95 Å². The molecule has 0 saturated carbocycles. The van der Waals surface area contributed by atoms with Gasteiger partial charge in [0.2, 0.25) is 5.95 Å². The van der Waals surface area contributed by atoms with Crippen LogP contribution in [0, 0.1) is 0 Å². The number of aliphatic hydroxyl groups excluding tert-OH is 2. The van der Waals surface area contributed by atoms with Crippen molar-refractivity contribution < 1.29 is 33.8 Å². The lowest BCUT2D eigenvalue weighted by atomic mass is 10.1. The lowest BCUT2D eigenvalue weighted by molar-refractivity contribution is -0.0567. The van der Waals surface area contributed by atoms with Gasteiger partial charge in [0.05, 0.1) is 6.61 Å². The topological polar surface area (TPSA) is 219 Å². The van der Waals surface area contributed by atoms with E-state index in [2.05, 4.69) is 24.8 Å². The second-order valence-corrected chi connectivity index (χ2v) is 6.15. The van der Waals surface area contributed by atoms with E-state index in [1.165, 1.54) is 0 Å². The molecule has 3 rings (SSSR count). The Bertz CT molecular complexity index is 861. The Morgan fingerprint density at radius 1 is 1.46 bits per heavy atom. The predicted octanol–water partition coefficient (Wildman–Crippen LogP) is -3.17. The SMILES string of the molecule is Nc1nc2c(nnn2[C@@H]2O[C@H](CO)[C@@H](O)[C@H]2OP(=O)(O)O)c(=O)[nH]1. The fourth-order valence-electron chi connectivity index (χ4n) is 2.37. The molecule has 0 aromatic carbocycles. The first-order chi connectivity index (χ1) is 11.2. The Hall–Kier alpha value is -1.93. The molecule has 1 fully saturated rings. The van der Waals surface area contributed by atoms with Crippen LogP contribution in [-0.4, -0.2) is 69.9 Å². The van der Waals surface area contributed by atoms with E-state index in [0.717, 1.165) is 4.68 Å². The van der Waals surface area contributed by atoms with E-state index in [0.29, 0.717) is 0 Å². The maximum absolute atomic E-state index is 11.7. The monoisotopic (exact) mass is 364 g/mol. The summed E-state index contributed by atoms with van der Waals surface area (Å²) in [5, 5.41) is 26.5. The minimum atomic E-state index is -5.00. The lowest BCUT2D eigenvalue weighted by Crippen LogP contribution is -2.35. The van der Waals surface area contributed by atoms with Gasteiger partial charge >= 0.3 is 7.82 Å². The number of H-pyrrole nitrogens is 1. The number of aromatic amines is 1. The van der Waals surface area contributed by atoms with Crippen LogP contribution < -0.4 is 11.3 Å². The summed E-state index contributed by atoms with van der Waals surface area (Å²) in [6.45, 7) is -0.651. The number of phosphoric acid groups is 1. The number of ether oxygens (including phenoxy) is 1. The van der Waals surface area contributed by atoms with Crippen molar-refractivity contribution in [3.8, 4) is 0 Å². The molecule has 0 bridgehead atoms. The van der Waals surface area contributed by atoms with Crippen LogP contribution >= 0.6 is 7.82 Å². The van der Waals surface area contributed by atoms with E-state index >= 15 is 0 Å². The molecule has 14 nitrogen and oxygen atoms in total. The molecule has 2 aromatic heterocycles. The van der Waals surface area contributed by atoms with Gasteiger partial charge in [0.15, 0.2) is 17.4 Å². The van der Waals surface area contributed by atoms with Gasteiger partial charge in [-0.05, 0) is 0 Å². The summed E-state index contributed by atoms with van der Waals surface area (Å²) < 4.78 is 21.9. The molecule has 2 aromatic rings. The first-order valence-corrected chi connectivity index (χ1v) is 8.03. The summed E-state index contributed by atoms with van der Waals surface area (Å²) in [6, 6.07) is 0. The number of rotatable bonds is 4. The highest BCUT2D eigenvalue weighted by molar-refractivity contribution is 7.46. The van der Waals surface area contributed by atoms with Crippen LogP contribution in [0.3, 0.4) is 0 Å². The largest absolute Gasteiger partial charge is 0.470 e. The fraction of sp³-hybridized carbons (Fsp3) is 0.556. The van der Waals surface area contributed by atoms with Gasteiger partial charge in [0.1, 0.15) is 18.3 Å². The second-order valence-electron chi connectivity index (χ2n) is 4.96. The summed E-state index contributed by atoms with van der Waals surface area (Å²) >= 11 is 0. The second kappa shape index (κ2) is 5.86. The number of nitrogens with one attached hydrogen (secondary N) is 1. The number of aromatic nitrogens is 5. The zero-order valence-corrected chi connectivity index (χ0v) is 12.6. The average Bonchev–Trinajstić information content (AvgIpc) is 3.00. The predicted molar refractivity (Wildman–Crippen MR) is 74.3 cm³/mol. The number of hydrogen-bond acceptors (Lipinski definition) is 10. The van der Waals surface area contributed by atoms with E-state index in [1.54, 1.807) is 0 Å². The number of nitrogens with two attached hydrogens (primary N) is 1. The van der Waals surface area contributed by atoms with Gasteiger partial charge in [0.25, 0.3) is 5.56 Å². The number of nitrogen functional groups attached to an aromatic ring is 1. The average molecular weight is 364 g/mol. The molecular weight excluding hydrogens is 351 g/mol. The van der Waals surface area contributed by atoms with E-state index in [1.807, 2.05) is 0 Å². The Labute approximate surface area is 132 Å². The highest BCUT2D eigenvalue weighted by Crippen LogP contribution is 2.44. The molecule has 15 heteroatoms. The van der Waals surface area contributed by atoms with Gasteiger partial charge in [-0.1, -0.05) is 5.21 Å². The van der Waals surface area contributed by atoms with Crippen molar-refractivity contribution >= 4 is 24.9 Å². The molecule has 1 aliphatic rings. The van der Waals surface area contributed by atoms with Gasteiger partial charge in [0, 0.05) is 0 Å². The van der Waals surface area contributed by atoms with Crippen LogP contribution in [0.15, 0.2) is 4.79 Å². The molecule has 1 saturated heterocycles. The minimum absolute atomic E-state index is 0.147. The Balaban J connectivity index is 2.09. The van der Waals surface area contributed by atoms with Crippen molar-refractivity contribution in [3.63, 3.8) is 0 Å². The Morgan fingerprint density at radius 2 is 2.17 bits per heavy atom. The van der Waals surface area contributed by atoms with Crippen molar-refractivity contribution in [2.45, 2.75) is 24.5 Å². The number of phosphoric ester groups is 1. The molecule has 1 aliphatic heterocycles. The van der Waals surface area contributed by atoms with Gasteiger partial charge < -0.3 is 30.5 Å². The first-order valence-electron chi connectivity index (χ1n) is 6.50. The number of anilines is 1. The molecular formula is C9H13N6O8P. The Kier molecular flexibility index (Phi) is 4.13. The van der Waals surface area contributed by atoms with Crippen molar-refractivity contribution in [3.05, 3.63) is 10.4 Å². The maximum Gasteiger partial charge on any atom is 0.470 e. The molecule has 0 aliphatic carbocycles. The van der Waals surface area contributed by atoms with Gasteiger partial charge in [-0.3, -0.25) is 14.3 Å². The third kappa shape index (κ3) is 2.91. The van der Waals surface area contributed by atoms with Crippen LogP contribution in [0.25, 0.3) is 11.2 Å². The molecule has 7 N–H and O–H groups in total. The summed E-state index contributed by atoms with van der Waals surface area (Å²) in [5.74, 6) is -0.249. The third-order valence-electron chi connectivity index (χ3n) is 3.35. The van der Waals surface area contributed by atoms with Crippen LogP contribution in [-0.2, 0) is 13.8 Å². The van der Waals surface area contributed by atoms with Gasteiger partial charge in [-0.15, -0.1) is 5.10 Å². The lowest BCUT2D eigenvalue weighted by Gasteiger charge is -2.20. The van der Waals surface area contributed by atoms with Gasteiger partial charge in [-0.2, -0.15) is 9.67 Å². The summed E-state index contributed by atoms with van der Waals surface area (Å²) in [7, 11) is -5.00. The first kappa shape index (κ1) is 16.9. The molecule has 132 valence electrons. The zero-order valence-electron chi connectivity index (χ0n) is 11.8. The standard InChI is InChI=1S/C9H13N6O8P/c10-9-11-6-3(7(18)12-9)13-14-15(6)8-5(23-24(19,20)21)4(17)2(1-16)22-8/h2,4-5,8,16-17H,1H2,(H2,19,20,21)(H3,10,11,12,18)/t2-,4-,5-,8-/m1/s1. The zero-order chi connectivity index (χ0) is 17.6. The molecule has 3 heterocycles. The number of hydrogen-bond donors (Lipinski definition) is 6. The highest BCUT2D eigenvalue weighted by Gasteiger charge is 2.49. The van der Waals surface area contributed by atoms with Crippen molar-refractivity contribution in [2.75, 3.05) is 12.3 Å². The molecule has 0 unspecified atom stereocenters. The molecule has 4 atom stereocenters. The van der Waals surface area contributed by atoms with Crippen molar-refractivity contribution in [2.24, 2.45) is 0 Å². The number of aliphatic hydroxyl groups is 2. The normalized spacial score (nSPS) is 27.8.